The number of para-hydroxylation sites is 3. The number of aromatic nitrogens is 3. The van der Waals surface area contributed by atoms with E-state index in [4.69, 9.17) is 29.3 Å². The van der Waals surface area contributed by atoms with Crippen molar-refractivity contribution in [2.24, 2.45) is 0 Å². The fraction of sp³-hybridized carbons (Fsp3) is 0. The minimum Gasteiger partial charge on any atom is -0.455 e. The lowest BCUT2D eigenvalue weighted by molar-refractivity contribution is 0.665. The lowest BCUT2D eigenvalue weighted by atomic mass is 10.00. The van der Waals surface area contributed by atoms with E-state index < -0.39 is 0 Å². The lowest BCUT2D eigenvalue weighted by Gasteiger charge is -2.08. The van der Waals surface area contributed by atoms with E-state index in [0.717, 1.165) is 10.8 Å². The van der Waals surface area contributed by atoms with E-state index in [-0.39, 0.29) is 75.1 Å². The Bertz CT molecular complexity index is 2780. The maximum Gasteiger partial charge on any atom is 0.164 e. The summed E-state index contributed by atoms with van der Waals surface area (Å²) in [7, 11) is 0. The van der Waals surface area contributed by atoms with Crippen molar-refractivity contribution >= 4 is 43.9 Å². The van der Waals surface area contributed by atoms with Crippen molar-refractivity contribution in [1.82, 2.24) is 15.0 Å². The van der Waals surface area contributed by atoms with Gasteiger partial charge in [0.2, 0.25) is 0 Å². The van der Waals surface area contributed by atoms with E-state index >= 15 is 0 Å². The van der Waals surface area contributed by atoms with Gasteiger partial charge >= 0.3 is 0 Å². The molecule has 0 aliphatic carbocycles. The fourth-order valence-corrected chi connectivity index (χ4v) is 5.58. The molecule has 6 aromatic carbocycles. The quantitative estimate of drug-likeness (QED) is 0.210. The number of furan rings is 2. The molecule has 9 rings (SSSR count). The van der Waals surface area contributed by atoms with Crippen LogP contribution >= 0.6 is 0 Å². The van der Waals surface area contributed by atoms with Crippen LogP contribution in [0.15, 0.2) is 148 Å². The molecule has 0 amide bonds. The SMILES string of the molecule is [2H]c1c([2H])c([2H])c2c(oc3c([2H])c(-c4nc(-c5ccccc5)nc(-c5ccccc5)n4)c([2H])c([2H])c32)c1-c1cccc2c1oc1ccccc12. The second-order valence-corrected chi connectivity index (χ2v) is 10.3. The molecule has 0 saturated heterocycles. The van der Waals surface area contributed by atoms with Gasteiger partial charge in [-0.1, -0.05) is 121 Å². The zero-order valence-electron chi connectivity index (χ0n) is 29.0. The van der Waals surface area contributed by atoms with Gasteiger partial charge in [-0.05, 0) is 18.2 Å². The van der Waals surface area contributed by atoms with Crippen molar-refractivity contribution in [2.75, 3.05) is 0 Å². The Balaban J connectivity index is 1.36. The monoisotopic (exact) mass is 571 g/mol. The second-order valence-electron chi connectivity index (χ2n) is 10.3. The zero-order valence-corrected chi connectivity index (χ0v) is 23.0. The molecule has 3 heterocycles. The van der Waals surface area contributed by atoms with E-state index in [9.17, 15) is 2.74 Å². The third kappa shape index (κ3) is 3.91. The molecule has 0 N–H and O–H groups in total. The van der Waals surface area contributed by atoms with Crippen LogP contribution in [0.2, 0.25) is 0 Å². The van der Waals surface area contributed by atoms with Crippen LogP contribution in [-0.4, -0.2) is 15.0 Å². The summed E-state index contributed by atoms with van der Waals surface area (Å²) < 4.78 is 67.1. The van der Waals surface area contributed by atoms with Crippen molar-refractivity contribution in [3.05, 3.63) is 139 Å². The summed E-state index contributed by atoms with van der Waals surface area (Å²) in [6, 6.07) is 29.8. The first-order valence-corrected chi connectivity index (χ1v) is 14.1. The number of fused-ring (bicyclic) bond motifs is 6. The first-order valence-electron chi connectivity index (χ1n) is 17.1. The molecule has 9 aromatic rings. The molecule has 0 radical (unpaired) electrons. The Kier molecular flexibility index (Phi) is 4.25. The van der Waals surface area contributed by atoms with Gasteiger partial charge in [-0.2, -0.15) is 0 Å². The highest BCUT2D eigenvalue weighted by Gasteiger charge is 2.18. The maximum atomic E-state index is 9.38. The van der Waals surface area contributed by atoms with Gasteiger partial charge in [-0.25, -0.2) is 15.0 Å². The zero-order chi connectivity index (χ0) is 34.3. The average molecular weight is 572 g/mol. The Morgan fingerprint density at radius 2 is 1.05 bits per heavy atom. The van der Waals surface area contributed by atoms with Gasteiger partial charge in [0.05, 0.1) is 8.22 Å². The highest BCUT2D eigenvalue weighted by Crippen LogP contribution is 2.41. The van der Waals surface area contributed by atoms with Crippen LogP contribution in [0, 0.1) is 0 Å². The molecule has 0 unspecified atom stereocenters. The predicted molar refractivity (Wildman–Crippen MR) is 176 cm³/mol. The molecule has 0 fully saturated rings. The van der Waals surface area contributed by atoms with Crippen molar-refractivity contribution < 1.29 is 17.1 Å². The van der Waals surface area contributed by atoms with E-state index in [0.29, 0.717) is 39.5 Å². The molecular weight excluding hydrogens is 542 g/mol. The average Bonchev–Trinajstić information content (AvgIpc) is 3.74. The molecule has 0 bridgehead atoms. The molecule has 0 spiro atoms. The molecule has 0 aliphatic rings. The molecule has 3 aromatic heterocycles. The Morgan fingerprint density at radius 3 is 1.80 bits per heavy atom. The van der Waals surface area contributed by atoms with Crippen molar-refractivity contribution in [2.45, 2.75) is 0 Å². The van der Waals surface area contributed by atoms with Gasteiger partial charge < -0.3 is 8.83 Å². The molecular formula is C39H23N3O2. The van der Waals surface area contributed by atoms with Crippen LogP contribution in [0.1, 0.15) is 8.22 Å². The summed E-state index contributed by atoms with van der Waals surface area (Å²) in [5, 5.41) is 1.80. The van der Waals surface area contributed by atoms with Crippen LogP contribution < -0.4 is 0 Å². The maximum absolute atomic E-state index is 9.38. The molecule has 0 atom stereocenters. The lowest BCUT2D eigenvalue weighted by Crippen LogP contribution is -2.00. The van der Waals surface area contributed by atoms with Crippen molar-refractivity contribution in [1.29, 1.82) is 0 Å². The first-order chi connectivity index (χ1) is 24.3. The summed E-state index contributed by atoms with van der Waals surface area (Å²) in [5.74, 6) is 0.679. The minimum atomic E-state index is -0.373. The van der Waals surface area contributed by atoms with Crippen LogP contribution in [0.25, 0.3) is 89.2 Å². The van der Waals surface area contributed by atoms with Gasteiger partial charge in [-0.15, -0.1) is 0 Å². The second kappa shape index (κ2) is 9.75. The largest absolute Gasteiger partial charge is 0.455 e. The van der Waals surface area contributed by atoms with Gasteiger partial charge in [0.15, 0.2) is 17.5 Å². The minimum absolute atomic E-state index is 0.0179. The third-order valence-electron chi connectivity index (χ3n) is 7.66. The standard InChI is InChI=1S/C39H23N3O2/c1-3-11-24(12-4-1)37-40-38(25-13-5-2-6-14-25)42-39(41-37)26-21-22-28-30-17-10-19-32(36(30)44-34(28)23-26)31-18-9-16-29-27-15-7-8-20-33(27)43-35(29)31/h1-23H/i10D,17D,19D,21D,22D,23D. The first kappa shape index (κ1) is 19.2. The molecule has 5 heteroatoms. The number of rotatable bonds is 4. The molecule has 5 nitrogen and oxygen atoms in total. The van der Waals surface area contributed by atoms with E-state index in [1.54, 1.807) is 6.07 Å². The topological polar surface area (TPSA) is 65.0 Å². The number of hydrogen-bond acceptors (Lipinski definition) is 5. The van der Waals surface area contributed by atoms with Gasteiger partial charge in [-0.3, -0.25) is 0 Å². The molecule has 206 valence electrons. The summed E-state index contributed by atoms with van der Waals surface area (Å²) in [5.41, 5.74) is 3.16. The number of nitrogens with zero attached hydrogens (tertiary/aromatic N) is 3. The summed E-state index contributed by atoms with van der Waals surface area (Å²) >= 11 is 0. The molecule has 0 saturated carbocycles. The normalized spacial score (nSPS) is 13.5. The van der Waals surface area contributed by atoms with Crippen LogP contribution in [0.4, 0.5) is 0 Å². The fourth-order valence-electron chi connectivity index (χ4n) is 5.58. The Labute approximate surface area is 260 Å². The van der Waals surface area contributed by atoms with Gasteiger partial charge in [0.25, 0.3) is 0 Å². The number of hydrogen-bond donors (Lipinski definition) is 0. The van der Waals surface area contributed by atoms with Crippen LogP contribution in [0.3, 0.4) is 0 Å². The summed E-state index contributed by atoms with van der Waals surface area (Å²) in [6.07, 6.45) is 0. The summed E-state index contributed by atoms with van der Waals surface area (Å²) in [4.78, 5) is 14.1. The van der Waals surface area contributed by atoms with E-state index in [1.165, 1.54) is 0 Å². The van der Waals surface area contributed by atoms with E-state index in [2.05, 4.69) is 0 Å². The van der Waals surface area contributed by atoms with Crippen LogP contribution in [0.5, 0.6) is 0 Å². The van der Waals surface area contributed by atoms with Gasteiger partial charge in [0, 0.05) is 49.4 Å². The molecule has 44 heavy (non-hydrogen) atoms. The smallest absolute Gasteiger partial charge is 0.164 e. The highest BCUT2D eigenvalue weighted by molar-refractivity contribution is 6.15. The third-order valence-corrected chi connectivity index (χ3v) is 7.66. The molecule has 0 aliphatic heterocycles. The van der Waals surface area contributed by atoms with Gasteiger partial charge in [0.1, 0.15) is 22.3 Å². The summed E-state index contributed by atoms with van der Waals surface area (Å²) in [6.45, 7) is 0. The van der Waals surface area contributed by atoms with Crippen LogP contribution in [-0.2, 0) is 0 Å². The Morgan fingerprint density at radius 1 is 0.432 bits per heavy atom. The Hall–Kier alpha value is -6.07. The number of benzene rings is 6. The van der Waals surface area contributed by atoms with Crippen molar-refractivity contribution in [3.63, 3.8) is 0 Å². The predicted octanol–water partition coefficient (Wildman–Crippen LogP) is 10.3. The van der Waals surface area contributed by atoms with Crippen molar-refractivity contribution in [3.8, 4) is 45.3 Å². The highest BCUT2D eigenvalue weighted by atomic mass is 16.3. The van der Waals surface area contributed by atoms with E-state index in [1.807, 2.05) is 97.1 Å².